The molecule has 114 valence electrons. The van der Waals surface area contributed by atoms with Crippen LogP contribution in [0.2, 0.25) is 5.02 Å². The third-order valence-corrected chi connectivity index (χ3v) is 3.21. The van der Waals surface area contributed by atoms with Crippen LogP contribution in [0.3, 0.4) is 0 Å². The van der Waals surface area contributed by atoms with Crippen molar-refractivity contribution in [1.82, 2.24) is 15.1 Å². The molecule has 2 aromatic rings. The third-order valence-electron chi connectivity index (χ3n) is 2.98. The van der Waals surface area contributed by atoms with Crippen molar-refractivity contribution in [3.63, 3.8) is 0 Å². The van der Waals surface area contributed by atoms with Crippen molar-refractivity contribution >= 4 is 11.6 Å². The SMILES string of the molecule is Cn1ccc(COc2ccc(Cl)cc2CNC(C)(C)C)n1. The highest BCUT2D eigenvalue weighted by molar-refractivity contribution is 6.30. The lowest BCUT2D eigenvalue weighted by Crippen LogP contribution is -2.35. The van der Waals surface area contributed by atoms with Crippen LogP contribution in [0.25, 0.3) is 0 Å². The van der Waals surface area contributed by atoms with Gasteiger partial charge in [-0.3, -0.25) is 4.68 Å². The molecule has 0 aliphatic heterocycles. The van der Waals surface area contributed by atoms with Gasteiger partial charge in [0.1, 0.15) is 12.4 Å². The molecule has 0 radical (unpaired) electrons. The summed E-state index contributed by atoms with van der Waals surface area (Å²) in [7, 11) is 1.89. The lowest BCUT2D eigenvalue weighted by atomic mass is 10.1. The van der Waals surface area contributed by atoms with Gasteiger partial charge < -0.3 is 10.1 Å². The molecule has 1 aromatic carbocycles. The first-order valence-corrected chi connectivity index (χ1v) is 7.36. The van der Waals surface area contributed by atoms with Crippen LogP contribution < -0.4 is 10.1 Å². The number of halogens is 1. The second kappa shape index (κ2) is 6.50. The lowest BCUT2D eigenvalue weighted by Gasteiger charge is -2.21. The summed E-state index contributed by atoms with van der Waals surface area (Å²) in [5, 5.41) is 8.47. The van der Waals surface area contributed by atoms with Gasteiger partial charge in [-0.1, -0.05) is 11.6 Å². The molecule has 0 bridgehead atoms. The number of rotatable bonds is 5. The summed E-state index contributed by atoms with van der Waals surface area (Å²) >= 11 is 6.09. The van der Waals surface area contributed by atoms with Crippen molar-refractivity contribution in [3.8, 4) is 5.75 Å². The molecule has 0 spiro atoms. The van der Waals surface area contributed by atoms with E-state index in [2.05, 4.69) is 31.2 Å². The number of aromatic nitrogens is 2. The van der Waals surface area contributed by atoms with Gasteiger partial charge in [0.2, 0.25) is 0 Å². The van der Waals surface area contributed by atoms with Crippen LogP contribution in [-0.4, -0.2) is 15.3 Å². The Kier molecular flexibility index (Phi) is 4.91. The van der Waals surface area contributed by atoms with Gasteiger partial charge in [-0.25, -0.2) is 0 Å². The number of hydrogen-bond acceptors (Lipinski definition) is 3. The molecule has 2 rings (SSSR count). The quantitative estimate of drug-likeness (QED) is 0.918. The summed E-state index contributed by atoms with van der Waals surface area (Å²) in [4.78, 5) is 0. The smallest absolute Gasteiger partial charge is 0.132 e. The van der Waals surface area contributed by atoms with Gasteiger partial charge in [0, 0.05) is 35.9 Å². The van der Waals surface area contributed by atoms with Gasteiger partial charge in [0.25, 0.3) is 0 Å². The molecule has 0 atom stereocenters. The molecule has 0 unspecified atom stereocenters. The largest absolute Gasteiger partial charge is 0.487 e. The van der Waals surface area contributed by atoms with Crippen LogP contribution in [0.4, 0.5) is 0 Å². The second-order valence-electron chi connectivity index (χ2n) is 6.13. The number of nitrogens with one attached hydrogen (secondary N) is 1. The van der Waals surface area contributed by atoms with Gasteiger partial charge in [-0.15, -0.1) is 0 Å². The number of ether oxygens (including phenoxy) is 1. The van der Waals surface area contributed by atoms with Crippen molar-refractivity contribution in [2.45, 2.75) is 39.5 Å². The first kappa shape index (κ1) is 15.9. The molecule has 0 aliphatic carbocycles. The van der Waals surface area contributed by atoms with Crippen molar-refractivity contribution in [2.24, 2.45) is 7.05 Å². The number of hydrogen-bond donors (Lipinski definition) is 1. The molecule has 21 heavy (non-hydrogen) atoms. The summed E-state index contributed by atoms with van der Waals surface area (Å²) in [5.74, 6) is 0.835. The average molecular weight is 308 g/mol. The zero-order valence-corrected chi connectivity index (χ0v) is 13.7. The van der Waals surface area contributed by atoms with Crippen LogP contribution in [-0.2, 0) is 20.2 Å². The molecule has 0 fully saturated rings. The van der Waals surface area contributed by atoms with Crippen molar-refractivity contribution in [1.29, 1.82) is 0 Å². The highest BCUT2D eigenvalue weighted by Gasteiger charge is 2.12. The minimum absolute atomic E-state index is 0.0422. The van der Waals surface area contributed by atoms with E-state index in [-0.39, 0.29) is 5.54 Å². The van der Waals surface area contributed by atoms with Gasteiger partial charge in [-0.2, -0.15) is 5.10 Å². The standard InChI is InChI=1S/C16H22ClN3O/c1-16(2,3)18-10-12-9-13(17)5-6-15(12)21-11-14-7-8-20(4)19-14/h5-9,18H,10-11H2,1-4H3. The van der Waals surface area contributed by atoms with E-state index in [0.29, 0.717) is 18.2 Å². The highest BCUT2D eigenvalue weighted by Crippen LogP contribution is 2.24. The van der Waals surface area contributed by atoms with E-state index >= 15 is 0 Å². The number of benzene rings is 1. The Balaban J connectivity index is 2.07. The molecular weight excluding hydrogens is 286 g/mol. The molecular formula is C16H22ClN3O. The fraction of sp³-hybridized carbons (Fsp3) is 0.438. The molecule has 4 nitrogen and oxygen atoms in total. The Morgan fingerprint density at radius 2 is 2.05 bits per heavy atom. The van der Waals surface area contributed by atoms with Crippen molar-refractivity contribution < 1.29 is 4.74 Å². The van der Waals surface area contributed by atoms with E-state index in [1.54, 1.807) is 4.68 Å². The average Bonchev–Trinajstić information content (AvgIpc) is 2.80. The van der Waals surface area contributed by atoms with Crippen LogP contribution in [0, 0.1) is 0 Å². The maximum atomic E-state index is 6.09. The fourth-order valence-corrected chi connectivity index (χ4v) is 2.07. The molecule has 1 N–H and O–H groups in total. The molecule has 0 saturated heterocycles. The van der Waals surface area contributed by atoms with Crippen LogP contribution >= 0.6 is 11.6 Å². The Hall–Kier alpha value is -1.52. The Labute approximate surface area is 131 Å². The first-order chi connectivity index (χ1) is 9.83. The molecule has 1 aromatic heterocycles. The predicted octanol–water partition coefficient (Wildman–Crippen LogP) is 3.54. The molecule has 0 aliphatic rings. The van der Waals surface area contributed by atoms with Crippen molar-refractivity contribution in [3.05, 3.63) is 46.7 Å². The zero-order valence-electron chi connectivity index (χ0n) is 13.0. The molecule has 0 saturated carbocycles. The van der Waals surface area contributed by atoms with Gasteiger partial charge >= 0.3 is 0 Å². The zero-order chi connectivity index (χ0) is 15.5. The molecule has 1 heterocycles. The minimum atomic E-state index is 0.0422. The van der Waals surface area contributed by atoms with Gasteiger partial charge in [-0.05, 0) is 45.0 Å². The van der Waals surface area contributed by atoms with Gasteiger partial charge in [0.05, 0.1) is 5.69 Å². The van der Waals surface area contributed by atoms with E-state index < -0.39 is 0 Å². The highest BCUT2D eigenvalue weighted by atomic mass is 35.5. The minimum Gasteiger partial charge on any atom is -0.487 e. The number of aryl methyl sites for hydroxylation is 1. The summed E-state index contributed by atoms with van der Waals surface area (Å²) in [6.45, 7) is 7.55. The maximum absolute atomic E-state index is 6.09. The van der Waals surface area contributed by atoms with E-state index in [1.807, 2.05) is 37.5 Å². The summed E-state index contributed by atoms with van der Waals surface area (Å²) in [6, 6.07) is 7.64. The topological polar surface area (TPSA) is 39.1 Å². The normalized spacial score (nSPS) is 11.7. The van der Waals surface area contributed by atoms with Crippen molar-refractivity contribution in [2.75, 3.05) is 0 Å². The molecule has 0 amide bonds. The summed E-state index contributed by atoms with van der Waals surface area (Å²) in [6.07, 6.45) is 1.91. The summed E-state index contributed by atoms with van der Waals surface area (Å²) in [5.41, 5.74) is 2.00. The predicted molar refractivity (Wildman–Crippen MR) is 85.6 cm³/mol. The van der Waals surface area contributed by atoms with E-state index in [9.17, 15) is 0 Å². The van der Waals surface area contributed by atoms with Crippen LogP contribution in [0.1, 0.15) is 32.0 Å². The molecule has 5 heteroatoms. The Morgan fingerprint density at radius 1 is 1.29 bits per heavy atom. The maximum Gasteiger partial charge on any atom is 0.132 e. The first-order valence-electron chi connectivity index (χ1n) is 6.98. The Morgan fingerprint density at radius 3 is 2.67 bits per heavy atom. The number of nitrogens with zero attached hydrogens (tertiary/aromatic N) is 2. The second-order valence-corrected chi connectivity index (χ2v) is 6.56. The Bertz CT molecular complexity index is 602. The van der Waals surface area contributed by atoms with E-state index in [4.69, 9.17) is 16.3 Å². The third kappa shape index (κ3) is 5.06. The fourth-order valence-electron chi connectivity index (χ4n) is 1.88. The van der Waals surface area contributed by atoms with E-state index in [0.717, 1.165) is 17.0 Å². The lowest BCUT2D eigenvalue weighted by molar-refractivity contribution is 0.294. The van der Waals surface area contributed by atoms with Crippen LogP contribution in [0.15, 0.2) is 30.5 Å². The monoisotopic (exact) mass is 307 g/mol. The van der Waals surface area contributed by atoms with E-state index in [1.165, 1.54) is 0 Å². The van der Waals surface area contributed by atoms with Gasteiger partial charge in [0.15, 0.2) is 0 Å². The van der Waals surface area contributed by atoms with Crippen LogP contribution in [0.5, 0.6) is 5.75 Å². The summed E-state index contributed by atoms with van der Waals surface area (Å²) < 4.78 is 7.65.